The quantitative estimate of drug-likeness (QED) is 0.772. The third-order valence-corrected chi connectivity index (χ3v) is 3.91. The van der Waals surface area contributed by atoms with Crippen molar-refractivity contribution in [3.63, 3.8) is 0 Å². The highest BCUT2D eigenvalue weighted by molar-refractivity contribution is 7.22. The van der Waals surface area contributed by atoms with Crippen molar-refractivity contribution in [3.8, 4) is 0 Å². The second-order valence-electron chi connectivity index (χ2n) is 4.24. The largest absolute Gasteiger partial charge is 0.387 e. The molecule has 2 aromatic carbocycles. The monoisotopic (exact) mass is 283 g/mol. The van der Waals surface area contributed by atoms with E-state index in [0.717, 1.165) is 15.9 Å². The van der Waals surface area contributed by atoms with Crippen molar-refractivity contribution in [1.82, 2.24) is 4.98 Å². The van der Waals surface area contributed by atoms with E-state index in [2.05, 4.69) is 15.6 Å². The first-order valence-electron chi connectivity index (χ1n) is 6.21. The molecule has 3 rings (SSSR count). The van der Waals surface area contributed by atoms with Crippen LogP contribution in [-0.4, -0.2) is 17.9 Å². The van der Waals surface area contributed by atoms with Crippen molar-refractivity contribution in [1.29, 1.82) is 0 Å². The lowest BCUT2D eigenvalue weighted by Gasteiger charge is -2.07. The summed E-state index contributed by atoms with van der Waals surface area (Å²) in [7, 11) is 1.80. The van der Waals surface area contributed by atoms with Crippen molar-refractivity contribution in [2.24, 2.45) is 0 Å². The number of fused-ring (bicyclic) bond motifs is 1. The zero-order valence-corrected chi connectivity index (χ0v) is 11.7. The Morgan fingerprint density at radius 2 is 1.85 bits per heavy atom. The lowest BCUT2D eigenvalue weighted by molar-refractivity contribution is 0.102. The molecule has 0 saturated carbocycles. The second-order valence-corrected chi connectivity index (χ2v) is 5.27. The topological polar surface area (TPSA) is 54.0 Å². The third-order valence-electron chi connectivity index (χ3n) is 2.96. The molecule has 3 aromatic rings. The molecule has 0 fully saturated rings. The van der Waals surface area contributed by atoms with Crippen molar-refractivity contribution in [3.05, 3.63) is 54.1 Å². The fraction of sp³-hybridized carbons (Fsp3) is 0.0667. The van der Waals surface area contributed by atoms with E-state index >= 15 is 0 Å². The number of thiazole rings is 1. The minimum atomic E-state index is -0.158. The van der Waals surface area contributed by atoms with E-state index < -0.39 is 0 Å². The fourth-order valence-electron chi connectivity index (χ4n) is 1.99. The number of anilines is 2. The van der Waals surface area contributed by atoms with Crippen LogP contribution in [0.25, 0.3) is 10.2 Å². The van der Waals surface area contributed by atoms with Crippen LogP contribution in [0.3, 0.4) is 0 Å². The van der Waals surface area contributed by atoms with Crippen LogP contribution in [0.5, 0.6) is 0 Å². The van der Waals surface area contributed by atoms with Gasteiger partial charge in [-0.3, -0.25) is 10.1 Å². The number of nitrogens with one attached hydrogen (secondary N) is 2. The Balaban J connectivity index is 1.88. The van der Waals surface area contributed by atoms with E-state index in [4.69, 9.17) is 0 Å². The number of hydrogen-bond donors (Lipinski definition) is 2. The summed E-state index contributed by atoms with van der Waals surface area (Å²) in [5, 5.41) is 6.47. The van der Waals surface area contributed by atoms with Crippen molar-refractivity contribution in [2.45, 2.75) is 0 Å². The number of para-hydroxylation sites is 2. The van der Waals surface area contributed by atoms with Crippen molar-refractivity contribution >= 4 is 38.3 Å². The fourth-order valence-corrected chi connectivity index (χ4v) is 2.85. The average Bonchev–Trinajstić information content (AvgIpc) is 2.89. The molecule has 1 heterocycles. The molecule has 0 atom stereocenters. The van der Waals surface area contributed by atoms with Gasteiger partial charge in [0.2, 0.25) is 0 Å². The Labute approximate surface area is 120 Å². The molecule has 1 amide bonds. The first kappa shape index (κ1) is 12.6. The molecule has 1 aromatic heterocycles. The van der Waals surface area contributed by atoms with E-state index in [-0.39, 0.29) is 5.91 Å². The van der Waals surface area contributed by atoms with E-state index in [1.807, 2.05) is 42.5 Å². The van der Waals surface area contributed by atoms with Crippen LogP contribution in [0.15, 0.2) is 48.5 Å². The summed E-state index contributed by atoms with van der Waals surface area (Å²) in [4.78, 5) is 16.7. The van der Waals surface area contributed by atoms with E-state index in [9.17, 15) is 4.79 Å². The number of hydrogen-bond acceptors (Lipinski definition) is 4. The van der Waals surface area contributed by atoms with Gasteiger partial charge < -0.3 is 5.32 Å². The Morgan fingerprint density at radius 1 is 1.10 bits per heavy atom. The number of benzene rings is 2. The maximum Gasteiger partial charge on any atom is 0.259 e. The standard InChI is InChI=1S/C15H13N3OS/c1-16-11-7-3-2-6-10(11)14(19)18-15-17-12-8-4-5-9-13(12)20-15/h2-9,16H,1H3,(H,17,18,19). The summed E-state index contributed by atoms with van der Waals surface area (Å²) in [5.74, 6) is -0.158. The van der Waals surface area contributed by atoms with Gasteiger partial charge in [-0.05, 0) is 24.3 Å². The average molecular weight is 283 g/mol. The molecular weight excluding hydrogens is 270 g/mol. The van der Waals surface area contributed by atoms with Gasteiger partial charge in [0.15, 0.2) is 5.13 Å². The summed E-state index contributed by atoms with van der Waals surface area (Å²) in [6.45, 7) is 0. The van der Waals surface area contributed by atoms with Crippen LogP contribution in [0.2, 0.25) is 0 Å². The molecule has 100 valence electrons. The van der Waals surface area contributed by atoms with Gasteiger partial charge in [-0.2, -0.15) is 0 Å². The number of carbonyl (C=O) groups is 1. The minimum Gasteiger partial charge on any atom is -0.387 e. The van der Waals surface area contributed by atoms with Crippen LogP contribution in [0.1, 0.15) is 10.4 Å². The maximum atomic E-state index is 12.3. The first-order valence-corrected chi connectivity index (χ1v) is 7.03. The van der Waals surface area contributed by atoms with Gasteiger partial charge in [0.05, 0.1) is 15.8 Å². The normalized spacial score (nSPS) is 10.4. The highest BCUT2D eigenvalue weighted by atomic mass is 32.1. The number of nitrogens with zero attached hydrogens (tertiary/aromatic N) is 1. The molecule has 0 saturated heterocycles. The first-order chi connectivity index (χ1) is 9.78. The van der Waals surface area contributed by atoms with Gasteiger partial charge in [0, 0.05) is 12.7 Å². The van der Waals surface area contributed by atoms with Crippen LogP contribution >= 0.6 is 11.3 Å². The minimum absolute atomic E-state index is 0.158. The van der Waals surface area contributed by atoms with Crippen LogP contribution < -0.4 is 10.6 Å². The molecule has 20 heavy (non-hydrogen) atoms. The number of rotatable bonds is 3. The van der Waals surface area contributed by atoms with Crippen molar-refractivity contribution in [2.75, 3.05) is 17.7 Å². The van der Waals surface area contributed by atoms with E-state index in [1.165, 1.54) is 11.3 Å². The van der Waals surface area contributed by atoms with E-state index in [0.29, 0.717) is 10.7 Å². The molecule has 0 bridgehead atoms. The predicted molar refractivity (Wildman–Crippen MR) is 83.6 cm³/mol. The maximum absolute atomic E-state index is 12.3. The van der Waals surface area contributed by atoms with Gasteiger partial charge in [-0.1, -0.05) is 35.6 Å². The Kier molecular flexibility index (Phi) is 3.35. The molecule has 0 spiro atoms. The SMILES string of the molecule is CNc1ccccc1C(=O)Nc1nc2ccccc2s1. The zero-order valence-electron chi connectivity index (χ0n) is 10.9. The molecule has 2 N–H and O–H groups in total. The zero-order chi connectivity index (χ0) is 13.9. The molecule has 0 unspecified atom stereocenters. The van der Waals surface area contributed by atoms with E-state index in [1.54, 1.807) is 13.1 Å². The summed E-state index contributed by atoms with van der Waals surface area (Å²) in [5.41, 5.74) is 2.30. The summed E-state index contributed by atoms with van der Waals surface area (Å²) in [6, 6.07) is 15.2. The Morgan fingerprint density at radius 3 is 2.65 bits per heavy atom. The van der Waals surface area contributed by atoms with Crippen LogP contribution in [-0.2, 0) is 0 Å². The number of amides is 1. The third kappa shape index (κ3) is 2.35. The second kappa shape index (κ2) is 5.30. The number of carbonyl (C=O) groups excluding carboxylic acids is 1. The van der Waals surface area contributed by atoms with Crippen molar-refractivity contribution < 1.29 is 4.79 Å². The summed E-state index contributed by atoms with van der Waals surface area (Å²) < 4.78 is 1.06. The molecule has 0 aliphatic heterocycles. The lowest BCUT2D eigenvalue weighted by Crippen LogP contribution is -2.13. The highest BCUT2D eigenvalue weighted by Crippen LogP contribution is 2.26. The van der Waals surface area contributed by atoms with Gasteiger partial charge in [0.25, 0.3) is 5.91 Å². The molecule has 0 aliphatic rings. The molecule has 5 heteroatoms. The Hall–Kier alpha value is -2.40. The van der Waals surface area contributed by atoms with Gasteiger partial charge in [-0.25, -0.2) is 4.98 Å². The molecule has 0 radical (unpaired) electrons. The van der Waals surface area contributed by atoms with Crippen LogP contribution in [0, 0.1) is 0 Å². The highest BCUT2D eigenvalue weighted by Gasteiger charge is 2.12. The number of aromatic nitrogens is 1. The smallest absolute Gasteiger partial charge is 0.259 e. The predicted octanol–water partition coefficient (Wildman–Crippen LogP) is 3.59. The van der Waals surface area contributed by atoms with Gasteiger partial charge >= 0.3 is 0 Å². The molecule has 4 nitrogen and oxygen atoms in total. The molecular formula is C15H13N3OS. The van der Waals surface area contributed by atoms with Crippen LogP contribution in [0.4, 0.5) is 10.8 Å². The Bertz CT molecular complexity index is 733. The summed E-state index contributed by atoms with van der Waals surface area (Å²) in [6.07, 6.45) is 0. The van der Waals surface area contributed by atoms with Gasteiger partial charge in [-0.15, -0.1) is 0 Å². The van der Waals surface area contributed by atoms with Gasteiger partial charge in [0.1, 0.15) is 0 Å². The molecule has 0 aliphatic carbocycles. The lowest BCUT2D eigenvalue weighted by atomic mass is 10.1. The summed E-state index contributed by atoms with van der Waals surface area (Å²) >= 11 is 1.47.